The van der Waals surface area contributed by atoms with Crippen molar-refractivity contribution in [2.75, 3.05) is 11.5 Å². The molecule has 0 aliphatic carbocycles. The predicted octanol–water partition coefficient (Wildman–Crippen LogP) is 4.10. The lowest BCUT2D eigenvalue weighted by molar-refractivity contribution is 0.455. The maximum absolute atomic E-state index is 2.29. The second-order valence-corrected chi connectivity index (χ2v) is 5.08. The van der Waals surface area contributed by atoms with Crippen molar-refractivity contribution in [3.8, 4) is 0 Å². The first-order chi connectivity index (χ1) is 5.93. The number of thioether (sulfide) groups is 1. The highest BCUT2D eigenvalue weighted by Crippen LogP contribution is 2.26. The van der Waals surface area contributed by atoms with Crippen LogP contribution >= 0.6 is 11.8 Å². The minimum absolute atomic E-state index is 1.07. The predicted molar refractivity (Wildman–Crippen MR) is 58.8 cm³/mol. The Morgan fingerprint density at radius 1 is 1.25 bits per heavy atom. The van der Waals surface area contributed by atoms with Gasteiger partial charge < -0.3 is 0 Å². The molecule has 1 aliphatic heterocycles. The van der Waals surface area contributed by atoms with Gasteiger partial charge in [0.1, 0.15) is 0 Å². The maximum atomic E-state index is 2.29. The zero-order valence-electron chi connectivity index (χ0n) is 8.35. The summed E-state index contributed by atoms with van der Waals surface area (Å²) in [6.07, 6.45) is 10.3. The molecule has 0 spiro atoms. The molecule has 1 heterocycles. The monoisotopic (exact) mass is 186 g/mol. The highest BCUT2D eigenvalue weighted by atomic mass is 32.2. The minimum Gasteiger partial charge on any atom is -0.162 e. The first kappa shape index (κ1) is 10.4. The molecule has 0 amide bonds. The van der Waals surface area contributed by atoms with Crippen LogP contribution in [0.3, 0.4) is 0 Å². The lowest BCUT2D eigenvalue weighted by atomic mass is 9.98. The SMILES string of the molecule is CCCCCCC1CCCSC1. The molecular formula is C11H22S. The van der Waals surface area contributed by atoms with E-state index in [4.69, 9.17) is 0 Å². The molecule has 0 bridgehead atoms. The van der Waals surface area contributed by atoms with E-state index in [0.29, 0.717) is 0 Å². The quantitative estimate of drug-likeness (QED) is 0.582. The summed E-state index contributed by atoms with van der Waals surface area (Å²) < 4.78 is 0. The molecule has 72 valence electrons. The van der Waals surface area contributed by atoms with E-state index in [1.165, 1.54) is 56.5 Å². The summed E-state index contributed by atoms with van der Waals surface area (Å²) in [7, 11) is 0. The number of unbranched alkanes of at least 4 members (excludes halogenated alkanes) is 3. The molecule has 0 radical (unpaired) electrons. The van der Waals surface area contributed by atoms with Crippen LogP contribution in [0.1, 0.15) is 51.9 Å². The Labute approximate surface area is 81.5 Å². The van der Waals surface area contributed by atoms with Gasteiger partial charge in [-0.15, -0.1) is 0 Å². The van der Waals surface area contributed by atoms with Crippen LogP contribution in [0, 0.1) is 5.92 Å². The van der Waals surface area contributed by atoms with E-state index in [1.807, 2.05) is 0 Å². The van der Waals surface area contributed by atoms with Crippen molar-refractivity contribution in [3.63, 3.8) is 0 Å². The van der Waals surface area contributed by atoms with E-state index < -0.39 is 0 Å². The van der Waals surface area contributed by atoms with Crippen LogP contribution in [-0.4, -0.2) is 11.5 Å². The molecular weight excluding hydrogens is 164 g/mol. The Bertz CT molecular complexity index is 95.2. The van der Waals surface area contributed by atoms with Crippen LogP contribution in [0.4, 0.5) is 0 Å². The molecule has 1 fully saturated rings. The normalized spacial score (nSPS) is 24.2. The molecule has 0 N–H and O–H groups in total. The Kier molecular flexibility index (Phi) is 5.93. The number of hydrogen-bond acceptors (Lipinski definition) is 1. The Morgan fingerprint density at radius 3 is 2.83 bits per heavy atom. The molecule has 12 heavy (non-hydrogen) atoms. The highest BCUT2D eigenvalue weighted by molar-refractivity contribution is 7.99. The third kappa shape index (κ3) is 4.39. The first-order valence-corrected chi connectivity index (χ1v) is 6.66. The van der Waals surface area contributed by atoms with Gasteiger partial charge in [0.05, 0.1) is 0 Å². The fourth-order valence-corrected chi connectivity index (χ4v) is 3.10. The van der Waals surface area contributed by atoms with Gasteiger partial charge in [-0.25, -0.2) is 0 Å². The molecule has 1 aliphatic rings. The van der Waals surface area contributed by atoms with Crippen LogP contribution < -0.4 is 0 Å². The van der Waals surface area contributed by atoms with E-state index in [1.54, 1.807) is 0 Å². The summed E-state index contributed by atoms with van der Waals surface area (Å²) in [5.74, 6) is 3.94. The number of rotatable bonds is 5. The zero-order valence-corrected chi connectivity index (χ0v) is 9.17. The largest absolute Gasteiger partial charge is 0.162 e. The fourth-order valence-electron chi connectivity index (χ4n) is 1.89. The molecule has 0 aromatic carbocycles. The Balaban J connectivity index is 1.91. The Morgan fingerprint density at radius 2 is 2.17 bits per heavy atom. The van der Waals surface area contributed by atoms with Crippen LogP contribution in [-0.2, 0) is 0 Å². The second-order valence-electron chi connectivity index (χ2n) is 3.93. The second kappa shape index (κ2) is 6.82. The van der Waals surface area contributed by atoms with Crippen LogP contribution in [0.25, 0.3) is 0 Å². The first-order valence-electron chi connectivity index (χ1n) is 5.51. The van der Waals surface area contributed by atoms with Crippen molar-refractivity contribution in [2.24, 2.45) is 5.92 Å². The standard InChI is InChI=1S/C11H22S/c1-2-3-4-5-7-11-8-6-9-12-10-11/h11H,2-10H2,1H3. The molecule has 0 nitrogen and oxygen atoms in total. The molecule has 1 saturated heterocycles. The lowest BCUT2D eigenvalue weighted by Gasteiger charge is -2.20. The topological polar surface area (TPSA) is 0 Å². The van der Waals surface area contributed by atoms with Crippen LogP contribution in [0.15, 0.2) is 0 Å². The van der Waals surface area contributed by atoms with Crippen LogP contribution in [0.5, 0.6) is 0 Å². The van der Waals surface area contributed by atoms with Crippen molar-refractivity contribution < 1.29 is 0 Å². The molecule has 1 unspecified atom stereocenters. The van der Waals surface area contributed by atoms with Gasteiger partial charge in [-0.1, -0.05) is 32.6 Å². The van der Waals surface area contributed by atoms with E-state index >= 15 is 0 Å². The van der Waals surface area contributed by atoms with Crippen molar-refractivity contribution in [1.29, 1.82) is 0 Å². The van der Waals surface area contributed by atoms with Gasteiger partial charge in [-0.2, -0.15) is 11.8 Å². The van der Waals surface area contributed by atoms with Gasteiger partial charge >= 0.3 is 0 Å². The van der Waals surface area contributed by atoms with Crippen molar-refractivity contribution in [3.05, 3.63) is 0 Å². The van der Waals surface area contributed by atoms with E-state index in [2.05, 4.69) is 18.7 Å². The molecule has 0 aromatic rings. The molecule has 1 heteroatoms. The van der Waals surface area contributed by atoms with E-state index in [0.717, 1.165) is 5.92 Å². The molecule has 1 atom stereocenters. The third-order valence-electron chi connectivity index (χ3n) is 2.72. The summed E-state index contributed by atoms with van der Waals surface area (Å²) >= 11 is 2.17. The zero-order chi connectivity index (χ0) is 8.65. The third-order valence-corrected chi connectivity index (χ3v) is 4.00. The van der Waals surface area contributed by atoms with Gasteiger partial charge in [0.25, 0.3) is 0 Å². The summed E-state index contributed by atoms with van der Waals surface area (Å²) in [4.78, 5) is 0. The summed E-state index contributed by atoms with van der Waals surface area (Å²) in [5.41, 5.74) is 0. The van der Waals surface area contributed by atoms with Gasteiger partial charge in [0, 0.05) is 0 Å². The van der Waals surface area contributed by atoms with E-state index in [9.17, 15) is 0 Å². The van der Waals surface area contributed by atoms with Gasteiger partial charge in [0.2, 0.25) is 0 Å². The summed E-state index contributed by atoms with van der Waals surface area (Å²) in [6, 6.07) is 0. The molecule has 0 saturated carbocycles. The molecule has 1 rings (SSSR count). The highest BCUT2D eigenvalue weighted by Gasteiger charge is 2.12. The maximum Gasteiger partial charge on any atom is -0.00391 e. The van der Waals surface area contributed by atoms with Gasteiger partial charge in [0.15, 0.2) is 0 Å². The van der Waals surface area contributed by atoms with Gasteiger partial charge in [-0.3, -0.25) is 0 Å². The fraction of sp³-hybridized carbons (Fsp3) is 1.00. The lowest BCUT2D eigenvalue weighted by Crippen LogP contribution is -2.09. The van der Waals surface area contributed by atoms with E-state index in [-0.39, 0.29) is 0 Å². The summed E-state index contributed by atoms with van der Waals surface area (Å²) in [6.45, 7) is 2.29. The summed E-state index contributed by atoms with van der Waals surface area (Å²) in [5, 5.41) is 0. The molecule has 0 aromatic heterocycles. The average molecular weight is 186 g/mol. The van der Waals surface area contributed by atoms with Crippen molar-refractivity contribution >= 4 is 11.8 Å². The van der Waals surface area contributed by atoms with Gasteiger partial charge in [-0.05, 0) is 36.7 Å². The Hall–Kier alpha value is 0.350. The van der Waals surface area contributed by atoms with Crippen molar-refractivity contribution in [1.82, 2.24) is 0 Å². The van der Waals surface area contributed by atoms with Crippen LogP contribution in [0.2, 0.25) is 0 Å². The van der Waals surface area contributed by atoms with Crippen molar-refractivity contribution in [2.45, 2.75) is 51.9 Å². The smallest absolute Gasteiger partial charge is 0.00391 e. The number of hydrogen-bond donors (Lipinski definition) is 0. The average Bonchev–Trinajstić information content (AvgIpc) is 2.14. The minimum atomic E-state index is 1.07.